The van der Waals surface area contributed by atoms with Crippen LogP contribution in [-0.2, 0) is 14.3 Å². The highest BCUT2D eigenvalue weighted by Gasteiger charge is 2.48. The predicted molar refractivity (Wildman–Crippen MR) is 149 cm³/mol. The van der Waals surface area contributed by atoms with E-state index in [1.54, 1.807) is 36.4 Å². The Kier molecular flexibility index (Phi) is 7.75. The fourth-order valence-electron chi connectivity index (χ4n) is 4.82. The number of fused-ring (bicyclic) bond motifs is 1. The van der Waals surface area contributed by atoms with Gasteiger partial charge in [-0.3, -0.25) is 19.3 Å². The van der Waals surface area contributed by atoms with Crippen LogP contribution in [0.15, 0.2) is 88.9 Å². The third-order valence-corrected chi connectivity index (χ3v) is 7.49. The van der Waals surface area contributed by atoms with E-state index < -0.39 is 24.3 Å². The lowest BCUT2D eigenvalue weighted by Crippen LogP contribution is -2.31. The number of amides is 2. The SMILES string of the molecule is CC1=CCC2C(=O)N(c3cccc(C(=O)OCC(=O)c4ccc(OC(=O)c5ccc(Br)cc5)cc4)c3)C(=O)C2C1. The molecule has 2 atom stereocenters. The molecule has 2 aliphatic rings. The summed E-state index contributed by atoms with van der Waals surface area (Å²) in [4.78, 5) is 64.7. The van der Waals surface area contributed by atoms with Crippen LogP contribution in [0, 0.1) is 11.8 Å². The van der Waals surface area contributed by atoms with E-state index in [1.807, 2.05) is 13.0 Å². The monoisotopic (exact) mass is 601 g/mol. The molecule has 0 radical (unpaired) electrons. The van der Waals surface area contributed by atoms with Gasteiger partial charge in [0.25, 0.3) is 0 Å². The number of carbonyl (C=O) groups excluding carboxylic acids is 5. The number of rotatable bonds is 7. The number of esters is 2. The van der Waals surface area contributed by atoms with Crippen molar-refractivity contribution in [2.75, 3.05) is 11.5 Å². The minimum absolute atomic E-state index is 0.116. The number of Topliss-reactive ketones (excluding diaryl/α,β-unsaturated/α-hetero) is 1. The van der Waals surface area contributed by atoms with E-state index >= 15 is 0 Å². The normalized spacial score (nSPS) is 18.1. The number of hydrogen-bond donors (Lipinski definition) is 0. The van der Waals surface area contributed by atoms with Gasteiger partial charge < -0.3 is 9.47 Å². The molecule has 0 bridgehead atoms. The van der Waals surface area contributed by atoms with E-state index in [0.717, 1.165) is 14.9 Å². The summed E-state index contributed by atoms with van der Waals surface area (Å²) in [6.45, 7) is 1.43. The van der Waals surface area contributed by atoms with Crippen LogP contribution < -0.4 is 9.64 Å². The third-order valence-electron chi connectivity index (χ3n) is 6.96. The van der Waals surface area contributed by atoms with Gasteiger partial charge in [0.2, 0.25) is 11.8 Å². The molecule has 0 aromatic heterocycles. The van der Waals surface area contributed by atoms with Crippen LogP contribution in [-0.4, -0.2) is 36.1 Å². The smallest absolute Gasteiger partial charge is 0.343 e. The topological polar surface area (TPSA) is 107 Å². The maximum atomic E-state index is 13.0. The van der Waals surface area contributed by atoms with E-state index in [4.69, 9.17) is 9.47 Å². The van der Waals surface area contributed by atoms with Gasteiger partial charge in [0.15, 0.2) is 12.4 Å². The standard InChI is InChI=1S/C31H24BrNO7/c1-18-5-14-25-26(15-18)29(36)33(28(25)35)23-4-2-3-21(16-23)30(37)39-17-27(34)19-8-12-24(13-9-19)40-31(38)20-6-10-22(32)11-7-20/h2-13,16,25-26H,14-15,17H2,1H3. The van der Waals surface area contributed by atoms with Gasteiger partial charge in [0, 0.05) is 10.0 Å². The summed E-state index contributed by atoms with van der Waals surface area (Å²) < 4.78 is 11.4. The molecular formula is C31H24BrNO7. The number of ketones is 1. The summed E-state index contributed by atoms with van der Waals surface area (Å²) >= 11 is 3.31. The van der Waals surface area contributed by atoms with Gasteiger partial charge in [-0.05, 0) is 86.5 Å². The average molecular weight is 602 g/mol. The van der Waals surface area contributed by atoms with Gasteiger partial charge in [-0.15, -0.1) is 0 Å². The fourth-order valence-corrected chi connectivity index (χ4v) is 5.09. The molecule has 1 heterocycles. The summed E-state index contributed by atoms with van der Waals surface area (Å²) in [7, 11) is 0. The van der Waals surface area contributed by atoms with E-state index in [9.17, 15) is 24.0 Å². The van der Waals surface area contributed by atoms with Gasteiger partial charge in [-0.2, -0.15) is 0 Å². The molecule has 1 aliphatic carbocycles. The molecule has 2 unspecified atom stereocenters. The highest BCUT2D eigenvalue weighted by Crippen LogP contribution is 2.39. The first-order valence-electron chi connectivity index (χ1n) is 12.6. The van der Waals surface area contributed by atoms with E-state index in [0.29, 0.717) is 24.1 Å². The lowest BCUT2D eigenvalue weighted by atomic mass is 9.82. The van der Waals surface area contributed by atoms with Crippen molar-refractivity contribution >= 4 is 51.2 Å². The Hall–Kier alpha value is -4.37. The Morgan fingerprint density at radius 2 is 1.52 bits per heavy atom. The van der Waals surface area contributed by atoms with Crippen molar-refractivity contribution < 1.29 is 33.4 Å². The summed E-state index contributed by atoms with van der Waals surface area (Å²) in [6, 6.07) is 18.7. The first-order valence-corrected chi connectivity index (χ1v) is 13.4. The summed E-state index contributed by atoms with van der Waals surface area (Å²) in [6.07, 6.45) is 3.06. The number of halogens is 1. The zero-order valence-corrected chi connectivity index (χ0v) is 23.1. The molecule has 0 N–H and O–H groups in total. The Labute approximate surface area is 238 Å². The molecule has 9 heteroatoms. The van der Waals surface area contributed by atoms with Gasteiger partial charge >= 0.3 is 11.9 Å². The minimum atomic E-state index is -0.760. The zero-order valence-electron chi connectivity index (χ0n) is 21.5. The number of nitrogens with zero attached hydrogens (tertiary/aromatic N) is 1. The van der Waals surface area contributed by atoms with Crippen molar-refractivity contribution in [3.63, 3.8) is 0 Å². The second-order valence-corrected chi connectivity index (χ2v) is 10.6. The van der Waals surface area contributed by atoms with Crippen molar-refractivity contribution in [3.05, 3.63) is 106 Å². The predicted octanol–water partition coefficient (Wildman–Crippen LogP) is 5.55. The molecule has 1 aliphatic heterocycles. The van der Waals surface area contributed by atoms with Crippen molar-refractivity contribution in [1.29, 1.82) is 0 Å². The van der Waals surface area contributed by atoms with Crippen molar-refractivity contribution in [2.45, 2.75) is 19.8 Å². The number of benzene rings is 3. The second-order valence-electron chi connectivity index (χ2n) is 9.69. The van der Waals surface area contributed by atoms with Gasteiger partial charge in [-0.25, -0.2) is 9.59 Å². The molecule has 3 aromatic rings. The third kappa shape index (κ3) is 5.65. The van der Waals surface area contributed by atoms with Gasteiger partial charge in [0.05, 0.1) is 28.7 Å². The largest absolute Gasteiger partial charge is 0.454 e. The molecule has 5 rings (SSSR count). The van der Waals surface area contributed by atoms with Crippen LogP contribution in [0.25, 0.3) is 0 Å². The Morgan fingerprint density at radius 3 is 2.25 bits per heavy atom. The number of carbonyl (C=O) groups is 5. The van der Waals surface area contributed by atoms with E-state index in [2.05, 4.69) is 15.9 Å². The maximum Gasteiger partial charge on any atom is 0.343 e. The number of imide groups is 1. The number of ether oxygens (including phenoxy) is 2. The molecule has 40 heavy (non-hydrogen) atoms. The Morgan fingerprint density at radius 1 is 0.850 bits per heavy atom. The fraction of sp³-hybridized carbons (Fsp3) is 0.194. The van der Waals surface area contributed by atoms with Crippen molar-refractivity contribution in [1.82, 2.24) is 0 Å². The number of allylic oxidation sites excluding steroid dienone is 2. The Balaban J connectivity index is 1.18. The van der Waals surface area contributed by atoms with Crippen LogP contribution in [0.3, 0.4) is 0 Å². The molecular weight excluding hydrogens is 578 g/mol. The van der Waals surface area contributed by atoms with Crippen LogP contribution in [0.5, 0.6) is 5.75 Å². The molecule has 1 saturated heterocycles. The first-order chi connectivity index (χ1) is 19.2. The van der Waals surface area contributed by atoms with Crippen LogP contribution >= 0.6 is 15.9 Å². The molecule has 1 fully saturated rings. The molecule has 3 aromatic carbocycles. The summed E-state index contributed by atoms with van der Waals surface area (Å²) in [5.74, 6) is -2.81. The van der Waals surface area contributed by atoms with E-state index in [-0.39, 0.29) is 40.5 Å². The molecule has 8 nitrogen and oxygen atoms in total. The summed E-state index contributed by atoms with van der Waals surface area (Å²) in [5, 5.41) is 0. The lowest BCUT2D eigenvalue weighted by Gasteiger charge is -2.18. The van der Waals surface area contributed by atoms with Crippen LogP contribution in [0.4, 0.5) is 5.69 Å². The average Bonchev–Trinajstić information content (AvgIpc) is 3.20. The second kappa shape index (κ2) is 11.4. The number of hydrogen-bond acceptors (Lipinski definition) is 7. The highest BCUT2D eigenvalue weighted by molar-refractivity contribution is 9.10. The van der Waals surface area contributed by atoms with E-state index in [1.165, 1.54) is 36.4 Å². The Bertz CT molecular complexity index is 1540. The number of anilines is 1. The van der Waals surface area contributed by atoms with Gasteiger partial charge in [-0.1, -0.05) is 33.6 Å². The van der Waals surface area contributed by atoms with Gasteiger partial charge in [0.1, 0.15) is 5.75 Å². The minimum Gasteiger partial charge on any atom is -0.454 e. The van der Waals surface area contributed by atoms with Crippen LogP contribution in [0.2, 0.25) is 0 Å². The molecule has 202 valence electrons. The molecule has 2 amide bonds. The quantitative estimate of drug-likeness (QED) is 0.115. The van der Waals surface area contributed by atoms with Crippen molar-refractivity contribution in [3.8, 4) is 5.75 Å². The first kappa shape index (κ1) is 27.2. The van der Waals surface area contributed by atoms with Crippen LogP contribution in [0.1, 0.15) is 50.8 Å². The van der Waals surface area contributed by atoms with Crippen molar-refractivity contribution in [2.24, 2.45) is 11.8 Å². The molecule has 0 saturated carbocycles. The highest BCUT2D eigenvalue weighted by atomic mass is 79.9. The lowest BCUT2D eigenvalue weighted by molar-refractivity contribution is -0.122. The maximum absolute atomic E-state index is 13.0. The zero-order chi connectivity index (χ0) is 28.4. The summed E-state index contributed by atoms with van der Waals surface area (Å²) in [5.41, 5.74) is 2.15. The molecule has 0 spiro atoms.